The number of benzene rings is 1. The van der Waals surface area contributed by atoms with E-state index in [-0.39, 0.29) is 17.1 Å². The SMILES string of the molecule is Cc1cc(NC(=O)c2c(-c3ccccc3Cl)noc2C)n(-c2nc3c(cnn3C)c(=O)[nH]2)n1. The number of nitrogens with zero attached hydrogens (tertiary/aromatic N) is 6. The summed E-state index contributed by atoms with van der Waals surface area (Å²) in [6, 6.07) is 8.69. The Morgan fingerprint density at radius 2 is 2.03 bits per heavy atom. The summed E-state index contributed by atoms with van der Waals surface area (Å²) in [5.41, 5.74) is 1.74. The third-order valence-electron chi connectivity index (χ3n) is 5.08. The molecule has 0 fully saturated rings. The number of carbonyl (C=O) groups excluding carboxylic acids is 1. The Morgan fingerprint density at radius 3 is 2.82 bits per heavy atom. The highest BCUT2D eigenvalue weighted by Crippen LogP contribution is 2.31. The van der Waals surface area contributed by atoms with E-state index in [4.69, 9.17) is 16.1 Å². The third-order valence-corrected chi connectivity index (χ3v) is 5.41. The summed E-state index contributed by atoms with van der Waals surface area (Å²) in [5, 5.41) is 16.1. The summed E-state index contributed by atoms with van der Waals surface area (Å²) in [6.45, 7) is 3.40. The van der Waals surface area contributed by atoms with Gasteiger partial charge in [-0.2, -0.15) is 19.9 Å². The molecule has 0 aliphatic rings. The zero-order valence-electron chi connectivity index (χ0n) is 17.8. The van der Waals surface area contributed by atoms with Crippen molar-refractivity contribution in [1.82, 2.24) is 34.7 Å². The number of H-pyrrole nitrogens is 1. The molecule has 1 aromatic carbocycles. The maximum atomic E-state index is 13.3. The maximum Gasteiger partial charge on any atom is 0.263 e. The maximum absolute atomic E-state index is 13.3. The molecule has 0 atom stereocenters. The average Bonchev–Trinajstić information content (AvgIpc) is 3.45. The molecule has 1 amide bonds. The van der Waals surface area contributed by atoms with Crippen LogP contribution in [-0.4, -0.2) is 40.6 Å². The molecule has 4 heterocycles. The van der Waals surface area contributed by atoms with Gasteiger partial charge in [-0.25, -0.2) is 0 Å². The highest BCUT2D eigenvalue weighted by atomic mass is 35.5. The molecule has 0 aliphatic heterocycles. The standard InChI is InChI=1S/C21H17ClN8O3/c1-10-8-15(30(27-10)21-25-18-13(19(31)26-21)9-23-29(18)3)24-20(32)16-11(2)33-28-17(16)12-6-4-5-7-14(12)22/h4-9H,1-3H3,(H,24,32)(H,25,26,31). The molecule has 5 aromatic rings. The van der Waals surface area contributed by atoms with E-state index in [1.165, 1.54) is 15.6 Å². The highest BCUT2D eigenvalue weighted by molar-refractivity contribution is 6.33. The second kappa shape index (κ2) is 7.71. The highest BCUT2D eigenvalue weighted by Gasteiger charge is 2.25. The van der Waals surface area contributed by atoms with Gasteiger partial charge in [-0.15, -0.1) is 0 Å². The number of rotatable bonds is 4. The van der Waals surface area contributed by atoms with Crippen LogP contribution >= 0.6 is 11.6 Å². The van der Waals surface area contributed by atoms with E-state index in [9.17, 15) is 9.59 Å². The number of aromatic nitrogens is 7. The summed E-state index contributed by atoms with van der Waals surface area (Å²) in [6.07, 6.45) is 1.44. The van der Waals surface area contributed by atoms with Crippen molar-refractivity contribution in [2.24, 2.45) is 7.05 Å². The Kier molecular flexibility index (Phi) is 4.82. The summed E-state index contributed by atoms with van der Waals surface area (Å²) in [5.74, 6) is 0.280. The first kappa shape index (κ1) is 20.6. The Hall–Kier alpha value is -4.25. The van der Waals surface area contributed by atoms with Gasteiger partial charge in [0.25, 0.3) is 11.5 Å². The van der Waals surface area contributed by atoms with Crippen LogP contribution in [0.3, 0.4) is 0 Å². The molecular formula is C21H17ClN8O3. The summed E-state index contributed by atoms with van der Waals surface area (Å²) < 4.78 is 8.12. The molecule has 12 heteroatoms. The van der Waals surface area contributed by atoms with Crippen LogP contribution in [0.1, 0.15) is 21.8 Å². The van der Waals surface area contributed by atoms with E-state index in [1.54, 1.807) is 51.2 Å². The second-order valence-corrected chi connectivity index (χ2v) is 7.78. The van der Waals surface area contributed by atoms with Crippen molar-refractivity contribution >= 4 is 34.4 Å². The minimum absolute atomic E-state index is 0.132. The molecular weight excluding hydrogens is 448 g/mol. The van der Waals surface area contributed by atoms with Gasteiger partial charge in [0.2, 0.25) is 5.95 Å². The van der Waals surface area contributed by atoms with E-state index < -0.39 is 5.91 Å². The predicted molar refractivity (Wildman–Crippen MR) is 121 cm³/mol. The number of anilines is 1. The number of halogens is 1. The molecule has 0 radical (unpaired) electrons. The van der Waals surface area contributed by atoms with Gasteiger partial charge in [0.05, 0.1) is 16.9 Å². The molecule has 0 unspecified atom stereocenters. The van der Waals surface area contributed by atoms with Crippen molar-refractivity contribution < 1.29 is 9.32 Å². The minimum Gasteiger partial charge on any atom is -0.360 e. The van der Waals surface area contributed by atoms with Gasteiger partial charge >= 0.3 is 0 Å². The van der Waals surface area contributed by atoms with Crippen molar-refractivity contribution in [3.63, 3.8) is 0 Å². The summed E-state index contributed by atoms with van der Waals surface area (Å²) in [4.78, 5) is 32.9. The van der Waals surface area contributed by atoms with Crippen LogP contribution in [0.25, 0.3) is 28.2 Å². The molecule has 33 heavy (non-hydrogen) atoms. The van der Waals surface area contributed by atoms with E-state index in [0.717, 1.165) is 0 Å². The van der Waals surface area contributed by atoms with Gasteiger partial charge in [0.1, 0.15) is 28.2 Å². The molecule has 4 aromatic heterocycles. The molecule has 11 nitrogen and oxygen atoms in total. The summed E-state index contributed by atoms with van der Waals surface area (Å²) >= 11 is 6.30. The Labute approximate surface area is 191 Å². The van der Waals surface area contributed by atoms with Gasteiger partial charge in [0.15, 0.2) is 5.65 Å². The molecule has 0 saturated heterocycles. The number of hydrogen-bond donors (Lipinski definition) is 2. The Bertz CT molecular complexity index is 1590. The first-order valence-corrected chi connectivity index (χ1v) is 10.2. The van der Waals surface area contributed by atoms with Crippen LogP contribution in [0.5, 0.6) is 0 Å². The fourth-order valence-electron chi connectivity index (χ4n) is 3.53. The van der Waals surface area contributed by atoms with E-state index in [0.29, 0.717) is 44.6 Å². The second-order valence-electron chi connectivity index (χ2n) is 7.37. The fraction of sp³-hybridized carbons (Fsp3) is 0.143. The topological polar surface area (TPSA) is 137 Å². The van der Waals surface area contributed by atoms with Crippen molar-refractivity contribution in [3.8, 4) is 17.2 Å². The zero-order chi connectivity index (χ0) is 23.3. The number of carbonyl (C=O) groups is 1. The number of nitrogens with one attached hydrogen (secondary N) is 2. The number of hydrogen-bond acceptors (Lipinski definition) is 7. The van der Waals surface area contributed by atoms with E-state index in [2.05, 4.69) is 30.6 Å². The van der Waals surface area contributed by atoms with Crippen molar-refractivity contribution in [3.05, 3.63) is 68.9 Å². The van der Waals surface area contributed by atoms with Crippen LogP contribution in [0.2, 0.25) is 5.02 Å². The van der Waals surface area contributed by atoms with E-state index in [1.807, 2.05) is 0 Å². The van der Waals surface area contributed by atoms with Crippen LogP contribution in [0, 0.1) is 13.8 Å². The van der Waals surface area contributed by atoms with Gasteiger partial charge < -0.3 is 9.84 Å². The van der Waals surface area contributed by atoms with Gasteiger partial charge in [-0.05, 0) is 19.9 Å². The van der Waals surface area contributed by atoms with Crippen LogP contribution < -0.4 is 10.9 Å². The molecule has 0 saturated carbocycles. The normalized spacial score (nSPS) is 11.3. The minimum atomic E-state index is -0.478. The molecule has 5 rings (SSSR count). The molecule has 0 bridgehead atoms. The van der Waals surface area contributed by atoms with Gasteiger partial charge in [-0.1, -0.05) is 35.0 Å². The van der Waals surface area contributed by atoms with Crippen LogP contribution in [0.15, 0.2) is 45.8 Å². The Morgan fingerprint density at radius 1 is 1.24 bits per heavy atom. The lowest BCUT2D eigenvalue weighted by atomic mass is 10.1. The number of amides is 1. The first-order chi connectivity index (χ1) is 15.8. The van der Waals surface area contributed by atoms with E-state index >= 15 is 0 Å². The number of fused-ring (bicyclic) bond motifs is 1. The van der Waals surface area contributed by atoms with Gasteiger partial charge in [0, 0.05) is 18.7 Å². The molecule has 166 valence electrons. The largest absolute Gasteiger partial charge is 0.360 e. The van der Waals surface area contributed by atoms with Crippen molar-refractivity contribution in [1.29, 1.82) is 0 Å². The first-order valence-electron chi connectivity index (χ1n) is 9.85. The zero-order valence-corrected chi connectivity index (χ0v) is 18.5. The lowest BCUT2D eigenvalue weighted by Gasteiger charge is -2.09. The van der Waals surface area contributed by atoms with Crippen LogP contribution in [0.4, 0.5) is 5.82 Å². The lowest BCUT2D eigenvalue weighted by molar-refractivity contribution is 0.102. The number of aromatic amines is 1. The monoisotopic (exact) mass is 464 g/mol. The van der Waals surface area contributed by atoms with Crippen molar-refractivity contribution in [2.75, 3.05) is 5.32 Å². The van der Waals surface area contributed by atoms with Crippen LogP contribution in [-0.2, 0) is 7.05 Å². The quantitative estimate of drug-likeness (QED) is 0.417. The molecule has 0 spiro atoms. The predicted octanol–water partition coefficient (Wildman–Crippen LogP) is 3.02. The van der Waals surface area contributed by atoms with Crippen molar-refractivity contribution in [2.45, 2.75) is 13.8 Å². The smallest absolute Gasteiger partial charge is 0.263 e. The fourth-order valence-corrected chi connectivity index (χ4v) is 3.75. The molecule has 0 aliphatic carbocycles. The molecule has 2 N–H and O–H groups in total. The number of aryl methyl sites for hydroxylation is 3. The summed E-state index contributed by atoms with van der Waals surface area (Å²) in [7, 11) is 1.68. The average molecular weight is 465 g/mol. The lowest BCUT2D eigenvalue weighted by Crippen LogP contribution is -2.19. The Balaban J connectivity index is 1.56. The van der Waals surface area contributed by atoms with Gasteiger partial charge in [-0.3, -0.25) is 19.3 Å². The third kappa shape index (κ3) is 3.48.